The molecule has 0 fully saturated rings. The lowest BCUT2D eigenvalue weighted by atomic mass is 10.0. The van der Waals surface area contributed by atoms with Crippen molar-refractivity contribution in [1.29, 1.82) is 0 Å². The number of rotatable bonds is 9. The van der Waals surface area contributed by atoms with Gasteiger partial charge in [0.25, 0.3) is 0 Å². The largest absolute Gasteiger partial charge is 0.338 e. The molecule has 2 atom stereocenters. The zero-order valence-electron chi connectivity index (χ0n) is 13.1. The van der Waals surface area contributed by atoms with Gasteiger partial charge in [-0.2, -0.15) is 4.98 Å². The van der Waals surface area contributed by atoms with E-state index in [2.05, 4.69) is 28.6 Å². The Morgan fingerprint density at radius 1 is 1.36 bits per heavy atom. The minimum Gasteiger partial charge on any atom is -0.338 e. The van der Waals surface area contributed by atoms with Crippen LogP contribution in [-0.2, 0) is 12.8 Å². The molecule has 5 heteroatoms. The van der Waals surface area contributed by atoms with Gasteiger partial charge < -0.3 is 10.3 Å². The van der Waals surface area contributed by atoms with Crippen molar-refractivity contribution < 1.29 is 4.52 Å². The highest BCUT2D eigenvalue weighted by Crippen LogP contribution is 2.16. The Balaban J connectivity index is 1.81. The Labute approximate surface area is 131 Å². The second-order valence-electron chi connectivity index (χ2n) is 5.74. The number of aryl methyl sites for hydroxylation is 1. The van der Waals surface area contributed by atoms with Crippen molar-refractivity contribution in [3.8, 4) is 0 Å². The van der Waals surface area contributed by atoms with Crippen molar-refractivity contribution in [2.75, 3.05) is 0 Å². The molecule has 0 saturated carbocycles. The van der Waals surface area contributed by atoms with E-state index in [1.54, 1.807) is 12.4 Å². The van der Waals surface area contributed by atoms with E-state index in [9.17, 15) is 0 Å². The Hall–Kier alpha value is -2.01. The topological polar surface area (TPSA) is 77.8 Å². The number of hydrogen-bond donors (Lipinski definition) is 1. The van der Waals surface area contributed by atoms with Gasteiger partial charge in [-0.3, -0.25) is 4.98 Å². The van der Waals surface area contributed by atoms with Crippen LogP contribution in [-0.4, -0.2) is 15.1 Å². The Bertz CT molecular complexity index is 567. The van der Waals surface area contributed by atoms with Crippen LogP contribution in [0.25, 0.3) is 0 Å². The van der Waals surface area contributed by atoms with Gasteiger partial charge in [0, 0.05) is 18.8 Å². The normalized spacial score (nSPS) is 13.7. The number of nitrogens with two attached hydrogens (primary N) is 1. The highest BCUT2D eigenvalue weighted by atomic mass is 16.5. The molecule has 0 amide bonds. The summed E-state index contributed by atoms with van der Waals surface area (Å²) in [5.41, 5.74) is 7.24. The number of pyridine rings is 1. The maximum absolute atomic E-state index is 6.13. The van der Waals surface area contributed by atoms with Crippen LogP contribution >= 0.6 is 0 Å². The summed E-state index contributed by atoms with van der Waals surface area (Å²) in [6.07, 6.45) is 10.2. The molecule has 0 spiro atoms. The first-order chi connectivity index (χ1) is 10.7. The lowest BCUT2D eigenvalue weighted by Gasteiger charge is -2.06. The van der Waals surface area contributed by atoms with E-state index in [1.165, 1.54) is 0 Å². The molecule has 2 rings (SSSR count). The van der Waals surface area contributed by atoms with Gasteiger partial charge >= 0.3 is 0 Å². The van der Waals surface area contributed by atoms with E-state index >= 15 is 0 Å². The first-order valence-electron chi connectivity index (χ1n) is 7.77. The third-order valence-corrected chi connectivity index (χ3v) is 3.67. The first-order valence-corrected chi connectivity index (χ1v) is 7.77. The summed E-state index contributed by atoms with van der Waals surface area (Å²) in [5, 5.41) is 4.02. The molecule has 2 N–H and O–H groups in total. The lowest BCUT2D eigenvalue weighted by molar-refractivity contribution is 0.349. The molecular weight excluding hydrogens is 276 g/mol. The van der Waals surface area contributed by atoms with Crippen molar-refractivity contribution >= 4 is 0 Å². The predicted octanol–water partition coefficient (Wildman–Crippen LogP) is 3.24. The molecule has 5 nitrogen and oxygen atoms in total. The number of aromatic nitrogens is 3. The number of hydrogen-bond acceptors (Lipinski definition) is 5. The van der Waals surface area contributed by atoms with Gasteiger partial charge in [0.1, 0.15) is 0 Å². The van der Waals surface area contributed by atoms with E-state index in [0.717, 1.165) is 37.1 Å². The molecule has 0 saturated heterocycles. The van der Waals surface area contributed by atoms with Crippen molar-refractivity contribution in [2.24, 2.45) is 11.7 Å². The molecule has 0 radical (unpaired) electrons. The average molecular weight is 300 g/mol. The molecule has 0 aromatic carbocycles. The quantitative estimate of drug-likeness (QED) is 0.719. The summed E-state index contributed by atoms with van der Waals surface area (Å²) in [7, 11) is 0. The van der Waals surface area contributed by atoms with Crippen LogP contribution in [0.1, 0.15) is 49.5 Å². The number of allylic oxidation sites excluding steroid dienone is 1. The van der Waals surface area contributed by atoms with Gasteiger partial charge in [-0.25, -0.2) is 0 Å². The number of nitrogens with zero attached hydrogens (tertiary/aromatic N) is 3. The summed E-state index contributed by atoms with van der Waals surface area (Å²) in [6, 6.07) is 3.61. The van der Waals surface area contributed by atoms with Crippen LogP contribution in [0.3, 0.4) is 0 Å². The second-order valence-corrected chi connectivity index (χ2v) is 5.74. The van der Waals surface area contributed by atoms with Crippen molar-refractivity contribution in [3.05, 3.63) is 54.5 Å². The van der Waals surface area contributed by atoms with Crippen molar-refractivity contribution in [3.63, 3.8) is 0 Å². The maximum atomic E-state index is 6.13. The predicted molar refractivity (Wildman–Crippen MR) is 86.1 cm³/mol. The van der Waals surface area contributed by atoms with E-state index in [0.29, 0.717) is 18.2 Å². The molecule has 22 heavy (non-hydrogen) atoms. The SMILES string of the molecule is C=CCC(C)CCCc1noc(C(N)Cc2ccncc2)n1. The smallest absolute Gasteiger partial charge is 0.243 e. The molecule has 0 aliphatic rings. The van der Waals surface area contributed by atoms with Crippen LogP contribution in [0.15, 0.2) is 41.7 Å². The van der Waals surface area contributed by atoms with E-state index in [4.69, 9.17) is 10.3 Å². The van der Waals surface area contributed by atoms with Crippen LogP contribution in [0.2, 0.25) is 0 Å². The Kier molecular flexibility index (Phi) is 6.27. The Morgan fingerprint density at radius 3 is 2.86 bits per heavy atom. The summed E-state index contributed by atoms with van der Waals surface area (Å²) < 4.78 is 5.29. The first kappa shape index (κ1) is 16.4. The highest BCUT2D eigenvalue weighted by Gasteiger charge is 2.15. The Morgan fingerprint density at radius 2 is 2.14 bits per heavy atom. The standard InChI is InChI=1S/C17H24N4O/c1-3-5-13(2)6-4-7-16-20-17(22-21-16)15(18)12-14-8-10-19-11-9-14/h3,8-11,13,15H,1,4-7,12,18H2,2H3. The summed E-state index contributed by atoms with van der Waals surface area (Å²) in [4.78, 5) is 8.40. The molecule has 0 aliphatic carbocycles. The fourth-order valence-electron chi connectivity index (χ4n) is 2.39. The van der Waals surface area contributed by atoms with Crippen LogP contribution in [0.5, 0.6) is 0 Å². The van der Waals surface area contributed by atoms with E-state index in [-0.39, 0.29) is 6.04 Å². The van der Waals surface area contributed by atoms with Gasteiger partial charge in [-0.05, 0) is 49.3 Å². The average Bonchev–Trinajstić information content (AvgIpc) is 2.97. The summed E-state index contributed by atoms with van der Waals surface area (Å²) in [5.74, 6) is 1.90. The summed E-state index contributed by atoms with van der Waals surface area (Å²) in [6.45, 7) is 6.00. The lowest BCUT2D eigenvalue weighted by Crippen LogP contribution is -2.13. The van der Waals surface area contributed by atoms with Crippen LogP contribution in [0.4, 0.5) is 0 Å². The molecule has 0 bridgehead atoms. The van der Waals surface area contributed by atoms with Gasteiger partial charge in [-0.15, -0.1) is 6.58 Å². The van der Waals surface area contributed by atoms with Gasteiger partial charge in [0.05, 0.1) is 6.04 Å². The van der Waals surface area contributed by atoms with E-state index in [1.807, 2.05) is 18.2 Å². The van der Waals surface area contributed by atoms with Gasteiger partial charge in [0.15, 0.2) is 5.82 Å². The fourth-order valence-corrected chi connectivity index (χ4v) is 2.39. The van der Waals surface area contributed by atoms with Crippen molar-refractivity contribution in [1.82, 2.24) is 15.1 Å². The zero-order chi connectivity index (χ0) is 15.8. The second kappa shape index (κ2) is 8.44. The molecule has 2 unspecified atom stereocenters. The third-order valence-electron chi connectivity index (χ3n) is 3.67. The molecule has 118 valence electrons. The third kappa shape index (κ3) is 5.07. The van der Waals surface area contributed by atoms with Crippen LogP contribution < -0.4 is 5.73 Å². The monoisotopic (exact) mass is 300 g/mol. The van der Waals surface area contributed by atoms with E-state index < -0.39 is 0 Å². The van der Waals surface area contributed by atoms with Crippen molar-refractivity contribution in [2.45, 2.75) is 45.1 Å². The molecule has 2 heterocycles. The van der Waals surface area contributed by atoms with Crippen LogP contribution in [0, 0.1) is 5.92 Å². The minimum absolute atomic E-state index is 0.275. The molecular formula is C17H24N4O. The molecule has 2 aromatic heterocycles. The molecule has 2 aromatic rings. The van der Waals surface area contributed by atoms with Gasteiger partial charge in [-0.1, -0.05) is 18.2 Å². The minimum atomic E-state index is -0.275. The van der Waals surface area contributed by atoms with Gasteiger partial charge in [0.2, 0.25) is 5.89 Å². The zero-order valence-corrected chi connectivity index (χ0v) is 13.1. The maximum Gasteiger partial charge on any atom is 0.243 e. The highest BCUT2D eigenvalue weighted by molar-refractivity contribution is 5.12. The summed E-state index contributed by atoms with van der Waals surface area (Å²) >= 11 is 0. The fraction of sp³-hybridized carbons (Fsp3) is 0.471. The molecule has 0 aliphatic heterocycles.